The van der Waals surface area contributed by atoms with E-state index in [-0.39, 0.29) is 0 Å². The van der Waals surface area contributed by atoms with Crippen molar-refractivity contribution in [3.05, 3.63) is 276 Å². The van der Waals surface area contributed by atoms with E-state index in [0.717, 1.165) is 22.7 Å². The highest BCUT2D eigenvalue weighted by molar-refractivity contribution is 6.33. The first-order valence-electron chi connectivity index (χ1n) is 30.4. The second-order valence-corrected chi connectivity index (χ2v) is 24.5. The van der Waals surface area contributed by atoms with Crippen LogP contribution in [0.1, 0.15) is 112 Å². The first kappa shape index (κ1) is 54.0. The predicted octanol–water partition coefficient (Wildman–Crippen LogP) is 24.4. The Balaban J connectivity index is 1.19. The Morgan fingerprint density at radius 3 is 0.821 bits per heavy atom. The van der Waals surface area contributed by atoms with Gasteiger partial charge in [-0.15, -0.1) is 0 Å². The number of rotatable bonds is 14. The van der Waals surface area contributed by atoms with Crippen LogP contribution in [0.3, 0.4) is 0 Å². The monoisotopic (exact) mass is 1090 g/mol. The molecule has 0 saturated carbocycles. The minimum Gasteiger partial charge on any atom is -0.310 e. The van der Waals surface area contributed by atoms with Crippen molar-refractivity contribution < 1.29 is 0 Å². The Labute approximate surface area is 498 Å². The molecule has 0 aromatic heterocycles. The van der Waals surface area contributed by atoms with Crippen LogP contribution in [0, 0.1) is 13.8 Å². The summed E-state index contributed by atoms with van der Waals surface area (Å²) in [5.74, 6) is 1.48. The molecule has 0 fully saturated rings. The van der Waals surface area contributed by atoms with Crippen LogP contribution in [-0.2, 0) is 0 Å². The number of aryl methyl sites for hydroxylation is 2. The van der Waals surface area contributed by atoms with Gasteiger partial charge in [0, 0.05) is 34.1 Å². The molecule has 0 heterocycles. The van der Waals surface area contributed by atoms with Gasteiger partial charge in [-0.3, -0.25) is 0 Å². The van der Waals surface area contributed by atoms with Crippen molar-refractivity contribution >= 4 is 55.7 Å². The Morgan fingerprint density at radius 2 is 0.512 bits per heavy atom. The molecule has 12 aromatic carbocycles. The normalized spacial score (nSPS) is 11.9. The minimum atomic E-state index is 0.368. The van der Waals surface area contributed by atoms with E-state index < -0.39 is 0 Å². The fourth-order valence-electron chi connectivity index (χ4n) is 13.1. The van der Waals surface area contributed by atoms with Crippen molar-refractivity contribution in [2.24, 2.45) is 0 Å². The number of fused-ring (bicyclic) bond motifs is 6. The van der Waals surface area contributed by atoms with Crippen LogP contribution in [0.2, 0.25) is 0 Å². The van der Waals surface area contributed by atoms with E-state index in [2.05, 4.69) is 322 Å². The van der Waals surface area contributed by atoms with Gasteiger partial charge in [-0.2, -0.15) is 0 Å². The van der Waals surface area contributed by atoms with Gasteiger partial charge in [-0.25, -0.2) is 0 Å². The molecular formula is C82H74N2. The first-order chi connectivity index (χ1) is 40.8. The lowest BCUT2D eigenvalue weighted by Crippen LogP contribution is -2.14. The first-order valence-corrected chi connectivity index (χ1v) is 30.4. The molecule has 0 unspecified atom stereocenters. The molecule has 0 aliphatic heterocycles. The second kappa shape index (κ2) is 22.2. The number of anilines is 6. The van der Waals surface area contributed by atoms with E-state index in [1.54, 1.807) is 0 Å². The number of hydrogen-bond acceptors (Lipinski definition) is 2. The van der Waals surface area contributed by atoms with Crippen molar-refractivity contribution in [1.82, 2.24) is 0 Å². The fraction of sp³-hybridized carbons (Fsp3) is 0.171. The Bertz CT molecular complexity index is 4150. The maximum absolute atomic E-state index is 2.52. The Kier molecular flexibility index (Phi) is 14.3. The molecule has 84 heavy (non-hydrogen) atoms. The summed E-state index contributed by atoms with van der Waals surface area (Å²) in [6, 6.07) is 92.0. The summed E-state index contributed by atoms with van der Waals surface area (Å²) in [5, 5.41) is 4.89. The van der Waals surface area contributed by atoms with E-state index in [1.807, 2.05) is 0 Å². The highest BCUT2D eigenvalue weighted by atomic mass is 15.2. The lowest BCUT2D eigenvalue weighted by molar-refractivity contribution is 0.864. The molecule has 0 saturated heterocycles. The third kappa shape index (κ3) is 9.48. The van der Waals surface area contributed by atoms with Crippen LogP contribution in [0.15, 0.2) is 243 Å². The average molecular weight is 1090 g/mol. The van der Waals surface area contributed by atoms with Gasteiger partial charge in [0.15, 0.2) is 0 Å². The van der Waals surface area contributed by atoms with Gasteiger partial charge in [0.2, 0.25) is 0 Å². The molecule has 2 heteroatoms. The molecule has 1 aliphatic rings. The molecule has 12 aromatic rings. The maximum Gasteiger partial charge on any atom is 0.0493 e. The predicted molar refractivity (Wildman–Crippen MR) is 363 cm³/mol. The van der Waals surface area contributed by atoms with Crippen LogP contribution < -0.4 is 9.80 Å². The molecule has 1 aliphatic carbocycles. The molecule has 2 nitrogen and oxygen atoms in total. The minimum absolute atomic E-state index is 0.368. The zero-order valence-corrected chi connectivity index (χ0v) is 50.3. The van der Waals surface area contributed by atoms with E-state index in [1.165, 1.54) is 133 Å². The van der Waals surface area contributed by atoms with Crippen LogP contribution in [0.4, 0.5) is 34.1 Å². The molecule has 0 amide bonds. The highest BCUT2D eigenvalue weighted by Gasteiger charge is 2.39. The van der Waals surface area contributed by atoms with E-state index in [0.29, 0.717) is 23.7 Å². The van der Waals surface area contributed by atoms with E-state index >= 15 is 0 Å². The van der Waals surface area contributed by atoms with Gasteiger partial charge >= 0.3 is 0 Å². The van der Waals surface area contributed by atoms with Crippen LogP contribution in [0.25, 0.3) is 88.3 Å². The van der Waals surface area contributed by atoms with Gasteiger partial charge in [0.25, 0.3) is 0 Å². The van der Waals surface area contributed by atoms with Crippen LogP contribution >= 0.6 is 0 Å². The van der Waals surface area contributed by atoms with Crippen LogP contribution in [-0.4, -0.2) is 0 Å². The van der Waals surface area contributed by atoms with Crippen LogP contribution in [0.5, 0.6) is 0 Å². The summed E-state index contributed by atoms with van der Waals surface area (Å²) in [7, 11) is 0. The average Bonchev–Trinajstić information content (AvgIpc) is 1.85. The van der Waals surface area contributed by atoms with Gasteiger partial charge < -0.3 is 9.80 Å². The van der Waals surface area contributed by atoms with E-state index in [4.69, 9.17) is 0 Å². The number of benzene rings is 12. The van der Waals surface area contributed by atoms with Crippen molar-refractivity contribution in [2.45, 2.75) is 92.9 Å². The maximum atomic E-state index is 2.52. The fourth-order valence-corrected chi connectivity index (χ4v) is 13.1. The highest BCUT2D eigenvalue weighted by Crippen LogP contribution is 2.66. The molecule has 412 valence electrons. The summed E-state index contributed by atoms with van der Waals surface area (Å²) < 4.78 is 0. The lowest BCUT2D eigenvalue weighted by atomic mass is 9.65. The van der Waals surface area contributed by atoms with Crippen molar-refractivity contribution in [2.75, 3.05) is 9.80 Å². The number of nitrogens with zero attached hydrogens (tertiary/aromatic N) is 2. The Hall–Kier alpha value is -9.24. The van der Waals surface area contributed by atoms with Crippen molar-refractivity contribution in [3.63, 3.8) is 0 Å². The zero-order valence-electron chi connectivity index (χ0n) is 50.3. The van der Waals surface area contributed by atoms with Gasteiger partial charge in [-0.05, 0) is 220 Å². The summed E-state index contributed by atoms with van der Waals surface area (Å²) >= 11 is 0. The van der Waals surface area contributed by atoms with Crippen molar-refractivity contribution in [3.8, 4) is 66.8 Å². The molecule has 13 rings (SSSR count). The SMILES string of the molecule is Cc1ccc(C(C)C)cc1N(c1cccc(C(C)C)c1)c1ccc2c(-c3ccccc3)c3c(c(-c4ccccc4)c2c1)-c1c-3c(-c2ccccc2)c2ccc(N(c3cccc(C(C)C)c3)c3cc(C(C)C)ccc3C)cc2c1-c1ccccc1. The van der Waals surface area contributed by atoms with Crippen molar-refractivity contribution in [1.29, 1.82) is 0 Å². The molecule has 0 bridgehead atoms. The Morgan fingerprint density at radius 1 is 0.226 bits per heavy atom. The number of hydrogen-bond donors (Lipinski definition) is 0. The molecular weight excluding hydrogens is 1010 g/mol. The second-order valence-electron chi connectivity index (χ2n) is 24.5. The smallest absolute Gasteiger partial charge is 0.0493 e. The van der Waals surface area contributed by atoms with Gasteiger partial charge in [0.05, 0.1) is 0 Å². The summed E-state index contributed by atoms with van der Waals surface area (Å²) in [4.78, 5) is 5.05. The quantitative estimate of drug-likeness (QED) is 0.107. The molecule has 0 atom stereocenters. The lowest BCUT2D eigenvalue weighted by Gasteiger charge is -2.38. The van der Waals surface area contributed by atoms with E-state index in [9.17, 15) is 0 Å². The molecule has 0 radical (unpaired) electrons. The standard InChI is InChI=1S/C82H74N2/c1-51(2)61-33-23-35-65(45-61)83(73-47-63(53(5)6)39-37-55(73)9)67-41-43-69-71(49-67)77(59-29-19-13-20-30-59)81-79(75(69)57-25-15-11-16-26-57)80-76(58-27-17-12-18-28-58)70-44-42-68(50-72(70)78(82(80)81)60-31-21-14-22-32-60)84(66-36-24-34-62(46-66)52(3)4)74-48-64(54(7)8)40-38-56(74)10/h11-54H,1-10H3. The van der Waals surface area contributed by atoms with Gasteiger partial charge in [-0.1, -0.05) is 237 Å². The largest absolute Gasteiger partial charge is 0.310 e. The third-order valence-electron chi connectivity index (χ3n) is 17.7. The molecule has 0 N–H and O–H groups in total. The summed E-state index contributed by atoms with van der Waals surface area (Å²) in [5.41, 5.74) is 29.6. The van der Waals surface area contributed by atoms with Gasteiger partial charge in [0.1, 0.15) is 0 Å². The zero-order chi connectivity index (χ0) is 57.9. The topological polar surface area (TPSA) is 6.48 Å². The summed E-state index contributed by atoms with van der Waals surface area (Å²) in [6.45, 7) is 22.9. The molecule has 0 spiro atoms. The third-order valence-corrected chi connectivity index (χ3v) is 17.7. The summed E-state index contributed by atoms with van der Waals surface area (Å²) in [6.07, 6.45) is 0.